The molecular formula is C19H20IN3O4. The third kappa shape index (κ3) is 6.55. The zero-order valence-corrected chi connectivity index (χ0v) is 17.1. The number of amides is 2. The van der Waals surface area contributed by atoms with Crippen molar-refractivity contribution in [1.29, 1.82) is 0 Å². The van der Waals surface area contributed by atoms with Crippen LogP contribution in [0.2, 0.25) is 0 Å². The van der Waals surface area contributed by atoms with Crippen LogP contribution in [0.3, 0.4) is 0 Å². The molecule has 3 N–H and O–H groups in total. The van der Waals surface area contributed by atoms with E-state index in [1.807, 2.05) is 25.1 Å². The van der Waals surface area contributed by atoms with Crippen LogP contribution in [0.4, 0.5) is 5.69 Å². The molecule has 0 aliphatic carbocycles. The first-order chi connectivity index (χ1) is 12.9. The molecule has 0 saturated heterocycles. The second kappa shape index (κ2) is 9.91. The summed E-state index contributed by atoms with van der Waals surface area (Å²) in [7, 11) is 1.44. The van der Waals surface area contributed by atoms with Crippen LogP contribution in [-0.2, 0) is 9.59 Å². The molecule has 2 amide bonds. The third-order valence-electron chi connectivity index (χ3n) is 3.65. The minimum absolute atomic E-state index is 0.0193. The van der Waals surface area contributed by atoms with Crippen molar-refractivity contribution in [2.24, 2.45) is 5.10 Å². The summed E-state index contributed by atoms with van der Waals surface area (Å²) < 4.78 is 6.09. The molecule has 2 aromatic rings. The maximum atomic E-state index is 12.0. The van der Waals surface area contributed by atoms with Crippen molar-refractivity contribution < 1.29 is 19.4 Å². The van der Waals surface area contributed by atoms with Gasteiger partial charge < -0.3 is 15.2 Å². The second-order valence-electron chi connectivity index (χ2n) is 5.73. The van der Waals surface area contributed by atoms with Gasteiger partial charge in [-0.15, -0.1) is 0 Å². The fourth-order valence-electron chi connectivity index (χ4n) is 2.22. The molecule has 0 aromatic heterocycles. The SMILES string of the molecule is COc1cc(/C=N\NC(=O)CCC(=O)Nc2ccc(I)cc2C)ccc1O. The molecule has 0 aliphatic heterocycles. The molecule has 0 unspecified atom stereocenters. The summed E-state index contributed by atoms with van der Waals surface area (Å²) in [4.78, 5) is 23.8. The molecule has 2 aromatic carbocycles. The number of phenols is 1. The van der Waals surface area contributed by atoms with Gasteiger partial charge >= 0.3 is 0 Å². The summed E-state index contributed by atoms with van der Waals surface area (Å²) in [6.45, 7) is 1.91. The Kier molecular flexibility index (Phi) is 7.59. The monoisotopic (exact) mass is 481 g/mol. The first-order valence-electron chi connectivity index (χ1n) is 8.14. The smallest absolute Gasteiger partial charge is 0.240 e. The molecule has 0 fully saturated rings. The van der Waals surface area contributed by atoms with E-state index in [2.05, 4.69) is 38.4 Å². The number of ether oxygens (including phenoxy) is 1. The van der Waals surface area contributed by atoms with Gasteiger partial charge in [0.25, 0.3) is 0 Å². The predicted octanol–water partition coefficient (Wildman–Crippen LogP) is 3.18. The number of anilines is 1. The lowest BCUT2D eigenvalue weighted by Crippen LogP contribution is -2.20. The maximum absolute atomic E-state index is 12.0. The maximum Gasteiger partial charge on any atom is 0.240 e. The van der Waals surface area contributed by atoms with Crippen LogP contribution < -0.4 is 15.5 Å². The molecule has 0 heterocycles. The highest BCUT2D eigenvalue weighted by Crippen LogP contribution is 2.25. The Bertz CT molecular complexity index is 868. The summed E-state index contributed by atoms with van der Waals surface area (Å²) >= 11 is 2.21. The zero-order valence-electron chi connectivity index (χ0n) is 15.0. The number of hydrogen-bond acceptors (Lipinski definition) is 5. The van der Waals surface area contributed by atoms with Gasteiger partial charge in [0.15, 0.2) is 11.5 Å². The molecule has 142 valence electrons. The number of aryl methyl sites for hydroxylation is 1. The number of nitrogens with zero attached hydrogens (tertiary/aromatic N) is 1. The van der Waals surface area contributed by atoms with Gasteiger partial charge in [-0.3, -0.25) is 9.59 Å². The van der Waals surface area contributed by atoms with E-state index in [0.29, 0.717) is 11.3 Å². The molecule has 0 bridgehead atoms. The Morgan fingerprint density at radius 3 is 2.63 bits per heavy atom. The van der Waals surface area contributed by atoms with Gasteiger partial charge in [0.1, 0.15) is 0 Å². The normalized spacial score (nSPS) is 10.6. The highest BCUT2D eigenvalue weighted by molar-refractivity contribution is 14.1. The predicted molar refractivity (Wildman–Crippen MR) is 112 cm³/mol. The van der Waals surface area contributed by atoms with E-state index in [1.165, 1.54) is 19.4 Å². The lowest BCUT2D eigenvalue weighted by molar-refractivity contribution is -0.124. The van der Waals surface area contributed by atoms with Gasteiger partial charge in [-0.1, -0.05) is 0 Å². The van der Waals surface area contributed by atoms with E-state index in [9.17, 15) is 14.7 Å². The summed E-state index contributed by atoms with van der Waals surface area (Å²) in [5.41, 5.74) is 4.72. The van der Waals surface area contributed by atoms with Gasteiger partial charge in [0, 0.05) is 22.1 Å². The summed E-state index contributed by atoms with van der Waals surface area (Å²) in [5.74, 6) is -0.269. The minimum Gasteiger partial charge on any atom is -0.504 e. The largest absolute Gasteiger partial charge is 0.504 e. The van der Waals surface area contributed by atoms with E-state index in [0.717, 1.165) is 14.8 Å². The number of hydrogen-bond donors (Lipinski definition) is 3. The van der Waals surface area contributed by atoms with E-state index in [-0.39, 0.29) is 30.4 Å². The van der Waals surface area contributed by atoms with Crippen molar-refractivity contribution >= 4 is 46.3 Å². The van der Waals surface area contributed by atoms with Crippen LogP contribution in [0.5, 0.6) is 11.5 Å². The van der Waals surface area contributed by atoms with Crippen molar-refractivity contribution in [3.05, 3.63) is 51.1 Å². The molecule has 0 aliphatic rings. The lowest BCUT2D eigenvalue weighted by atomic mass is 10.2. The number of phenolic OH excluding ortho intramolecular Hbond substituents is 1. The number of rotatable bonds is 7. The second-order valence-corrected chi connectivity index (χ2v) is 6.98. The van der Waals surface area contributed by atoms with Gasteiger partial charge in [-0.25, -0.2) is 5.43 Å². The van der Waals surface area contributed by atoms with E-state index in [4.69, 9.17) is 4.74 Å². The zero-order chi connectivity index (χ0) is 19.8. The molecule has 0 atom stereocenters. The van der Waals surface area contributed by atoms with Crippen molar-refractivity contribution in [2.75, 3.05) is 12.4 Å². The first-order valence-corrected chi connectivity index (χ1v) is 9.22. The highest BCUT2D eigenvalue weighted by atomic mass is 127. The Hall–Kier alpha value is -2.62. The minimum atomic E-state index is -0.369. The molecule has 2 rings (SSSR count). The average Bonchev–Trinajstić information content (AvgIpc) is 2.63. The van der Waals surface area contributed by atoms with Crippen LogP contribution in [-0.4, -0.2) is 30.2 Å². The standard InChI is InChI=1S/C19H20IN3O4/c1-12-9-14(20)4-5-15(12)22-18(25)7-8-19(26)23-21-11-13-3-6-16(24)17(10-13)27-2/h3-6,9-11,24H,7-8H2,1-2H3,(H,22,25)(H,23,26)/b21-11-. The van der Waals surface area contributed by atoms with Crippen LogP contribution in [0.1, 0.15) is 24.0 Å². The number of hydrazone groups is 1. The Balaban J connectivity index is 1.79. The Morgan fingerprint density at radius 1 is 1.19 bits per heavy atom. The fraction of sp³-hybridized carbons (Fsp3) is 0.211. The number of carbonyl (C=O) groups is 2. The van der Waals surface area contributed by atoms with Crippen LogP contribution >= 0.6 is 22.6 Å². The van der Waals surface area contributed by atoms with E-state index < -0.39 is 0 Å². The molecule has 0 saturated carbocycles. The van der Waals surface area contributed by atoms with Crippen molar-refractivity contribution in [3.8, 4) is 11.5 Å². The summed E-state index contributed by atoms with van der Waals surface area (Å²) in [6, 6.07) is 10.4. The summed E-state index contributed by atoms with van der Waals surface area (Å²) in [5, 5.41) is 16.2. The molecular weight excluding hydrogens is 461 g/mol. The van der Waals surface area contributed by atoms with Crippen LogP contribution in [0, 0.1) is 10.5 Å². The van der Waals surface area contributed by atoms with Gasteiger partial charge in [0.05, 0.1) is 13.3 Å². The average molecular weight is 481 g/mol. The number of halogens is 1. The Labute approximate surface area is 171 Å². The number of aromatic hydroxyl groups is 1. The molecule has 27 heavy (non-hydrogen) atoms. The fourth-order valence-corrected chi connectivity index (χ4v) is 2.86. The highest BCUT2D eigenvalue weighted by Gasteiger charge is 2.08. The van der Waals surface area contributed by atoms with Crippen LogP contribution in [0.25, 0.3) is 0 Å². The third-order valence-corrected chi connectivity index (χ3v) is 4.32. The molecule has 0 radical (unpaired) electrons. The van der Waals surface area contributed by atoms with Gasteiger partial charge in [0.2, 0.25) is 11.8 Å². The molecule has 8 heteroatoms. The number of methoxy groups -OCH3 is 1. The topological polar surface area (TPSA) is 100 Å². The number of benzene rings is 2. The van der Waals surface area contributed by atoms with Crippen LogP contribution in [0.15, 0.2) is 41.5 Å². The van der Waals surface area contributed by atoms with Crippen molar-refractivity contribution in [1.82, 2.24) is 5.43 Å². The lowest BCUT2D eigenvalue weighted by Gasteiger charge is -2.08. The van der Waals surface area contributed by atoms with Gasteiger partial charge in [-0.2, -0.15) is 5.10 Å². The quantitative estimate of drug-likeness (QED) is 0.321. The first kappa shape index (κ1) is 20.7. The number of carbonyl (C=O) groups excluding carboxylic acids is 2. The van der Waals surface area contributed by atoms with E-state index >= 15 is 0 Å². The van der Waals surface area contributed by atoms with E-state index in [1.54, 1.807) is 12.1 Å². The summed E-state index contributed by atoms with van der Waals surface area (Å²) in [6.07, 6.45) is 1.50. The number of nitrogens with one attached hydrogen (secondary N) is 2. The van der Waals surface area contributed by atoms with Crippen molar-refractivity contribution in [2.45, 2.75) is 19.8 Å². The molecule has 0 spiro atoms. The van der Waals surface area contributed by atoms with Gasteiger partial charge in [-0.05, 0) is 77.0 Å². The molecule has 7 nitrogen and oxygen atoms in total. The van der Waals surface area contributed by atoms with Crippen molar-refractivity contribution in [3.63, 3.8) is 0 Å². The Morgan fingerprint density at radius 2 is 1.93 bits per heavy atom.